The van der Waals surface area contributed by atoms with Crippen LogP contribution in [0.1, 0.15) is 63.1 Å². The lowest BCUT2D eigenvalue weighted by Crippen LogP contribution is -2.10. The van der Waals surface area contributed by atoms with Gasteiger partial charge in [0, 0.05) is 22.6 Å². The summed E-state index contributed by atoms with van der Waals surface area (Å²) in [6, 6.07) is 45.3. The second-order valence-corrected chi connectivity index (χ2v) is 14.8. The van der Waals surface area contributed by atoms with Crippen LogP contribution in [0.25, 0.3) is 39.6 Å². The van der Waals surface area contributed by atoms with Crippen molar-refractivity contribution in [1.29, 1.82) is 0 Å². The number of benzene rings is 5. The van der Waals surface area contributed by atoms with E-state index in [-0.39, 0.29) is 5.41 Å². The van der Waals surface area contributed by atoms with Gasteiger partial charge in [-0.15, -0.1) is 10.2 Å². The third-order valence-electron chi connectivity index (χ3n) is 9.05. The molecule has 1 heterocycles. The molecule has 49 heavy (non-hydrogen) atoms. The van der Waals surface area contributed by atoms with Gasteiger partial charge in [0.15, 0.2) is 11.6 Å². The lowest BCUT2D eigenvalue weighted by molar-refractivity contribution is 0.414. The van der Waals surface area contributed by atoms with Gasteiger partial charge >= 0.3 is 0 Å². The Morgan fingerprint density at radius 2 is 1.12 bits per heavy atom. The monoisotopic (exact) mass is 665 g/mol. The van der Waals surface area contributed by atoms with E-state index in [1.165, 1.54) is 59.3 Å². The minimum Gasteiger partial charge on any atom is -0.497 e. The number of aromatic nitrogens is 3. The summed E-state index contributed by atoms with van der Waals surface area (Å²) in [4.78, 5) is 0. The standard InChI is InChI=1S/C44H47N3OS/c1-44(2,3)39-25-23-38(24-26-39)43-46-45-42(37-21-19-36(20-22-37)35-13-9-7-10-14-35)47(43)40-27-15-33(16-28-40)12-8-5-6-11-31-49-32-34-17-29-41(48-4)30-18-34/h7,9-10,13-30H,5-6,8,11-12,31-32H2,1-4H3. The van der Waals surface area contributed by atoms with Crippen molar-refractivity contribution in [1.82, 2.24) is 14.8 Å². The van der Waals surface area contributed by atoms with Crippen LogP contribution < -0.4 is 4.74 Å². The number of thioether (sulfide) groups is 1. The Labute approximate surface area is 296 Å². The molecular weight excluding hydrogens is 619 g/mol. The smallest absolute Gasteiger partial charge is 0.168 e. The van der Waals surface area contributed by atoms with Gasteiger partial charge < -0.3 is 4.74 Å². The van der Waals surface area contributed by atoms with E-state index in [0.29, 0.717) is 0 Å². The fraction of sp³-hybridized carbons (Fsp3) is 0.273. The maximum absolute atomic E-state index is 5.26. The first kappa shape index (κ1) is 34.3. The van der Waals surface area contributed by atoms with Crippen molar-refractivity contribution in [3.8, 4) is 45.3 Å². The SMILES string of the molecule is COc1ccc(CSCCCCCCc2ccc(-n3c(-c4ccc(-c5ccccc5)cc4)nnc3-c3ccc(C(C)(C)C)cc3)cc2)cc1. The van der Waals surface area contributed by atoms with Gasteiger partial charge in [0.2, 0.25) is 0 Å². The molecule has 0 aliphatic carbocycles. The van der Waals surface area contributed by atoms with Gasteiger partial charge in [0.1, 0.15) is 5.75 Å². The lowest BCUT2D eigenvalue weighted by Gasteiger charge is -2.19. The van der Waals surface area contributed by atoms with Crippen LogP contribution in [0.4, 0.5) is 0 Å². The third-order valence-corrected chi connectivity index (χ3v) is 10.2. The Bertz CT molecular complexity index is 1890. The second-order valence-electron chi connectivity index (χ2n) is 13.7. The summed E-state index contributed by atoms with van der Waals surface area (Å²) in [6.45, 7) is 6.73. The quantitative estimate of drug-likeness (QED) is 0.109. The minimum absolute atomic E-state index is 0.0878. The molecule has 0 aliphatic heterocycles. The maximum Gasteiger partial charge on any atom is 0.168 e. The Morgan fingerprint density at radius 3 is 1.73 bits per heavy atom. The molecule has 0 saturated heterocycles. The Kier molecular flexibility index (Phi) is 11.3. The second kappa shape index (κ2) is 16.2. The van der Waals surface area contributed by atoms with Crippen LogP contribution in [0.15, 0.2) is 127 Å². The van der Waals surface area contributed by atoms with E-state index in [2.05, 4.69) is 135 Å². The van der Waals surface area contributed by atoms with Gasteiger partial charge in [0.05, 0.1) is 7.11 Å². The molecule has 6 rings (SSSR count). The topological polar surface area (TPSA) is 39.9 Å². The molecule has 0 unspecified atom stereocenters. The number of ether oxygens (including phenoxy) is 1. The number of nitrogens with zero attached hydrogens (tertiary/aromatic N) is 3. The average molecular weight is 666 g/mol. The van der Waals surface area contributed by atoms with E-state index in [1.807, 2.05) is 30.0 Å². The van der Waals surface area contributed by atoms with Crippen LogP contribution in [0.2, 0.25) is 0 Å². The van der Waals surface area contributed by atoms with Crippen molar-refractivity contribution in [2.75, 3.05) is 12.9 Å². The Morgan fingerprint density at radius 1 is 0.571 bits per heavy atom. The van der Waals surface area contributed by atoms with E-state index in [1.54, 1.807) is 7.11 Å². The maximum atomic E-state index is 5.26. The summed E-state index contributed by atoms with van der Waals surface area (Å²) < 4.78 is 7.47. The molecule has 5 heteroatoms. The largest absolute Gasteiger partial charge is 0.497 e. The number of methoxy groups -OCH3 is 1. The molecule has 250 valence electrons. The van der Waals surface area contributed by atoms with Gasteiger partial charge in [-0.2, -0.15) is 11.8 Å². The zero-order valence-electron chi connectivity index (χ0n) is 29.2. The molecule has 0 fully saturated rings. The van der Waals surface area contributed by atoms with Crippen LogP contribution in [0, 0.1) is 0 Å². The molecule has 0 bridgehead atoms. The van der Waals surface area contributed by atoms with E-state index in [0.717, 1.165) is 46.4 Å². The molecule has 0 atom stereocenters. The first-order valence-electron chi connectivity index (χ1n) is 17.4. The van der Waals surface area contributed by atoms with Crippen molar-refractivity contribution in [3.05, 3.63) is 144 Å². The molecule has 0 spiro atoms. The highest BCUT2D eigenvalue weighted by atomic mass is 32.2. The molecule has 0 aliphatic rings. The lowest BCUT2D eigenvalue weighted by atomic mass is 9.86. The zero-order valence-corrected chi connectivity index (χ0v) is 30.0. The van der Waals surface area contributed by atoms with Crippen molar-refractivity contribution in [2.45, 2.75) is 64.0 Å². The number of unbranched alkanes of at least 4 members (excludes halogenated alkanes) is 3. The van der Waals surface area contributed by atoms with Crippen LogP contribution in [-0.2, 0) is 17.6 Å². The van der Waals surface area contributed by atoms with Gasteiger partial charge in [-0.1, -0.05) is 137 Å². The predicted molar refractivity (Wildman–Crippen MR) is 208 cm³/mol. The number of hydrogen-bond acceptors (Lipinski definition) is 4. The molecule has 6 aromatic rings. The molecule has 4 nitrogen and oxygen atoms in total. The molecule has 0 radical (unpaired) electrons. The normalized spacial score (nSPS) is 11.5. The fourth-order valence-corrected chi connectivity index (χ4v) is 7.06. The van der Waals surface area contributed by atoms with Crippen molar-refractivity contribution >= 4 is 11.8 Å². The highest BCUT2D eigenvalue weighted by molar-refractivity contribution is 7.98. The first-order chi connectivity index (χ1) is 23.9. The average Bonchev–Trinajstić information content (AvgIpc) is 3.59. The van der Waals surface area contributed by atoms with Crippen LogP contribution in [0.3, 0.4) is 0 Å². The number of hydrogen-bond donors (Lipinski definition) is 0. The summed E-state index contributed by atoms with van der Waals surface area (Å²) in [6.07, 6.45) is 6.10. The highest BCUT2D eigenvalue weighted by Crippen LogP contribution is 2.32. The highest BCUT2D eigenvalue weighted by Gasteiger charge is 2.19. The Balaban J connectivity index is 1.12. The molecule has 0 saturated carbocycles. The van der Waals surface area contributed by atoms with Crippen molar-refractivity contribution in [2.24, 2.45) is 0 Å². The minimum atomic E-state index is 0.0878. The molecule has 0 amide bonds. The first-order valence-corrected chi connectivity index (χ1v) is 18.6. The van der Waals surface area contributed by atoms with E-state index >= 15 is 0 Å². The zero-order chi connectivity index (χ0) is 34.1. The third kappa shape index (κ3) is 8.90. The van der Waals surface area contributed by atoms with E-state index in [4.69, 9.17) is 14.9 Å². The van der Waals surface area contributed by atoms with Gasteiger partial charge in [-0.3, -0.25) is 4.57 Å². The van der Waals surface area contributed by atoms with E-state index in [9.17, 15) is 0 Å². The van der Waals surface area contributed by atoms with Gasteiger partial charge in [-0.25, -0.2) is 0 Å². The summed E-state index contributed by atoms with van der Waals surface area (Å²) in [5, 5.41) is 9.51. The van der Waals surface area contributed by atoms with Gasteiger partial charge in [-0.05, 0) is 82.5 Å². The molecule has 1 aromatic heterocycles. The van der Waals surface area contributed by atoms with E-state index < -0.39 is 0 Å². The number of rotatable bonds is 14. The molecular formula is C44H47N3OS. The number of aryl methyl sites for hydroxylation is 1. The molecule has 5 aromatic carbocycles. The van der Waals surface area contributed by atoms with Crippen LogP contribution >= 0.6 is 11.8 Å². The van der Waals surface area contributed by atoms with Crippen molar-refractivity contribution < 1.29 is 4.74 Å². The Hall–Kier alpha value is -4.61. The van der Waals surface area contributed by atoms with Gasteiger partial charge in [0.25, 0.3) is 0 Å². The summed E-state index contributed by atoms with van der Waals surface area (Å²) >= 11 is 2.02. The van der Waals surface area contributed by atoms with Crippen LogP contribution in [0.5, 0.6) is 5.75 Å². The summed E-state index contributed by atoms with van der Waals surface area (Å²) in [5.41, 5.74) is 9.67. The fourth-order valence-electron chi connectivity index (χ4n) is 6.07. The summed E-state index contributed by atoms with van der Waals surface area (Å²) in [7, 11) is 1.71. The summed E-state index contributed by atoms with van der Waals surface area (Å²) in [5.74, 6) is 4.88. The van der Waals surface area contributed by atoms with Crippen LogP contribution in [-0.4, -0.2) is 27.6 Å². The van der Waals surface area contributed by atoms with Crippen molar-refractivity contribution in [3.63, 3.8) is 0 Å². The molecule has 0 N–H and O–H groups in total. The predicted octanol–water partition coefficient (Wildman–Crippen LogP) is 11.6.